The van der Waals surface area contributed by atoms with E-state index in [9.17, 15) is 9.59 Å². The average molecular weight is 335 g/mol. The second-order valence-corrected chi connectivity index (χ2v) is 5.35. The van der Waals surface area contributed by atoms with Crippen molar-refractivity contribution in [1.29, 1.82) is 5.53 Å². The molecule has 0 aromatic heterocycles. The quantitative estimate of drug-likeness (QED) is 0.377. The van der Waals surface area contributed by atoms with Gasteiger partial charge in [-0.15, -0.1) is 0 Å². The predicted octanol–water partition coefficient (Wildman–Crippen LogP) is 3.71. The molecule has 0 spiro atoms. The highest BCUT2D eigenvalue weighted by molar-refractivity contribution is 6.48. The molecular formula is C14H8Cl2N4O2. The minimum atomic E-state index is -0.429. The number of benzene rings is 2. The number of nitrogen functional groups attached to an aromatic ring is 1. The Bertz CT molecular complexity index is 864. The van der Waals surface area contributed by atoms with Crippen molar-refractivity contribution in [2.45, 2.75) is 0 Å². The molecule has 0 atom stereocenters. The van der Waals surface area contributed by atoms with Crippen molar-refractivity contribution in [3.8, 4) is 0 Å². The Balaban J connectivity index is 2.44. The lowest BCUT2D eigenvalue weighted by molar-refractivity contribution is 0.0980. The van der Waals surface area contributed by atoms with Gasteiger partial charge in [0.25, 0.3) is 0 Å². The Hall–Kier alpha value is -2.44. The molecular weight excluding hydrogens is 327 g/mol. The summed E-state index contributed by atoms with van der Waals surface area (Å²) in [6.45, 7) is 0. The van der Waals surface area contributed by atoms with Crippen molar-refractivity contribution in [3.05, 3.63) is 56.6 Å². The van der Waals surface area contributed by atoms with Crippen molar-refractivity contribution in [1.82, 2.24) is 0 Å². The van der Waals surface area contributed by atoms with Gasteiger partial charge in [0.2, 0.25) is 0 Å². The van der Waals surface area contributed by atoms with Gasteiger partial charge in [0, 0.05) is 11.1 Å². The van der Waals surface area contributed by atoms with Crippen LogP contribution in [-0.4, -0.2) is 11.6 Å². The number of nitrogens with two attached hydrogens (primary N) is 1. The highest BCUT2D eigenvalue weighted by Crippen LogP contribution is 2.44. The minimum Gasteiger partial charge on any atom is -0.397 e. The van der Waals surface area contributed by atoms with E-state index in [2.05, 4.69) is 10.6 Å². The second kappa shape index (κ2) is 5.08. The van der Waals surface area contributed by atoms with Crippen LogP contribution in [0.1, 0.15) is 31.8 Å². The lowest BCUT2D eigenvalue weighted by Crippen LogP contribution is -2.24. The second-order valence-electron chi connectivity index (χ2n) is 4.59. The number of hydrogen-bond acceptors (Lipinski definition) is 5. The number of anilines is 2. The summed E-state index contributed by atoms with van der Waals surface area (Å²) in [7, 11) is 0. The molecule has 0 unspecified atom stereocenters. The van der Waals surface area contributed by atoms with Crippen LogP contribution in [0.3, 0.4) is 0 Å². The maximum Gasteiger partial charge on any atom is 0.196 e. The van der Waals surface area contributed by atoms with E-state index in [-0.39, 0.29) is 43.7 Å². The summed E-state index contributed by atoms with van der Waals surface area (Å²) in [5, 5.41) is 2.89. The zero-order valence-electron chi connectivity index (χ0n) is 10.9. The Morgan fingerprint density at radius 1 is 1.00 bits per heavy atom. The molecule has 0 aliphatic heterocycles. The zero-order chi connectivity index (χ0) is 16.0. The first-order valence-electron chi connectivity index (χ1n) is 6.10. The third-order valence-electron chi connectivity index (χ3n) is 3.46. The average Bonchev–Trinajstić information content (AvgIpc) is 2.53. The van der Waals surface area contributed by atoms with E-state index in [4.69, 9.17) is 34.5 Å². The van der Waals surface area contributed by atoms with E-state index in [0.29, 0.717) is 0 Å². The Morgan fingerprint density at radius 2 is 1.55 bits per heavy atom. The molecule has 0 fully saturated rings. The first kappa shape index (κ1) is 14.5. The van der Waals surface area contributed by atoms with Crippen LogP contribution in [0.5, 0.6) is 0 Å². The summed E-state index contributed by atoms with van der Waals surface area (Å²) in [6, 6.07) is 6.39. The van der Waals surface area contributed by atoms with Crippen LogP contribution in [0.4, 0.5) is 11.4 Å². The predicted molar refractivity (Wildman–Crippen MR) is 83.0 cm³/mol. The number of ketones is 2. The number of carbonyl (C=O) groups excluding carboxylic acids is 2. The van der Waals surface area contributed by atoms with Crippen LogP contribution in [0.2, 0.25) is 10.0 Å². The molecule has 2 aromatic carbocycles. The van der Waals surface area contributed by atoms with Gasteiger partial charge in [0.15, 0.2) is 11.6 Å². The van der Waals surface area contributed by atoms with Crippen molar-refractivity contribution in [2.75, 3.05) is 11.2 Å². The largest absolute Gasteiger partial charge is 0.397 e. The standard InChI is InChI=1S/C14H8Cl2N4O2/c15-9-10(16)12(19-20-18)8-7(11(9)17)13(21)5-3-1-2-4-6(5)14(8)22/h1-4H,17H2,(H2,18,19). The van der Waals surface area contributed by atoms with Crippen molar-refractivity contribution in [3.63, 3.8) is 0 Å². The van der Waals surface area contributed by atoms with Crippen LogP contribution in [0.15, 0.2) is 29.5 Å². The molecule has 1 aliphatic rings. The van der Waals surface area contributed by atoms with E-state index in [1.807, 2.05) is 0 Å². The summed E-state index contributed by atoms with van der Waals surface area (Å²) in [5.74, 6) is -0.851. The number of rotatable bonds is 2. The maximum absolute atomic E-state index is 12.7. The van der Waals surface area contributed by atoms with E-state index < -0.39 is 11.6 Å². The van der Waals surface area contributed by atoms with Gasteiger partial charge in [0.05, 0.1) is 32.5 Å². The lowest BCUT2D eigenvalue weighted by atomic mass is 9.82. The number of nitrogens with zero attached hydrogens (tertiary/aromatic N) is 1. The smallest absolute Gasteiger partial charge is 0.196 e. The number of nitrogens with one attached hydrogen (secondary N) is 2. The monoisotopic (exact) mass is 334 g/mol. The molecule has 1 aliphatic carbocycles. The number of halogens is 2. The van der Waals surface area contributed by atoms with Crippen LogP contribution in [-0.2, 0) is 0 Å². The highest BCUT2D eigenvalue weighted by atomic mass is 35.5. The first-order chi connectivity index (χ1) is 10.5. The van der Waals surface area contributed by atoms with Crippen molar-refractivity contribution < 1.29 is 9.59 Å². The van der Waals surface area contributed by atoms with Crippen LogP contribution in [0.25, 0.3) is 0 Å². The fourth-order valence-corrected chi connectivity index (χ4v) is 2.91. The lowest BCUT2D eigenvalue weighted by Gasteiger charge is -2.22. The molecule has 2 aromatic rings. The molecule has 0 heterocycles. The molecule has 22 heavy (non-hydrogen) atoms. The summed E-state index contributed by atoms with van der Waals surface area (Å²) < 4.78 is 0. The molecule has 0 radical (unpaired) electrons. The van der Waals surface area contributed by atoms with Crippen molar-refractivity contribution >= 4 is 46.1 Å². The van der Waals surface area contributed by atoms with Crippen molar-refractivity contribution in [2.24, 2.45) is 5.22 Å². The van der Waals surface area contributed by atoms with Gasteiger partial charge < -0.3 is 5.73 Å². The number of fused-ring (bicyclic) bond motifs is 2. The van der Waals surface area contributed by atoms with E-state index >= 15 is 0 Å². The Labute approximate surface area is 134 Å². The fourth-order valence-electron chi connectivity index (χ4n) is 2.48. The summed E-state index contributed by atoms with van der Waals surface area (Å²) in [4.78, 5) is 25.4. The normalized spacial score (nSPS) is 12.6. The Morgan fingerprint density at radius 3 is 2.09 bits per heavy atom. The van der Waals surface area contributed by atoms with Crippen LogP contribution < -0.4 is 11.2 Å². The SMILES string of the molecule is N=NNc1c(Cl)c(Cl)c(N)c2c1C(=O)c1ccccc1C2=O. The molecule has 3 rings (SSSR count). The molecule has 4 N–H and O–H groups in total. The van der Waals surface area contributed by atoms with Gasteiger partial charge in [-0.2, -0.15) is 5.53 Å². The van der Waals surface area contributed by atoms with Crippen LogP contribution in [0, 0.1) is 5.53 Å². The van der Waals surface area contributed by atoms with Gasteiger partial charge in [-0.05, 0) is 0 Å². The third-order valence-corrected chi connectivity index (χ3v) is 4.32. The van der Waals surface area contributed by atoms with Gasteiger partial charge in [-0.25, -0.2) is 0 Å². The summed E-state index contributed by atoms with van der Waals surface area (Å²) in [5.41, 5.74) is 15.5. The van der Waals surface area contributed by atoms with E-state index in [1.54, 1.807) is 24.3 Å². The molecule has 110 valence electrons. The van der Waals surface area contributed by atoms with Gasteiger partial charge in [-0.3, -0.25) is 15.0 Å². The first-order valence-corrected chi connectivity index (χ1v) is 6.86. The minimum absolute atomic E-state index is 0.00119. The summed E-state index contributed by atoms with van der Waals surface area (Å²) in [6.07, 6.45) is 0. The summed E-state index contributed by atoms with van der Waals surface area (Å²) >= 11 is 12.1. The topological polar surface area (TPSA) is 108 Å². The van der Waals surface area contributed by atoms with Crippen LogP contribution >= 0.6 is 23.2 Å². The number of carbonyl (C=O) groups is 2. The maximum atomic E-state index is 12.7. The van der Waals surface area contributed by atoms with E-state index in [0.717, 1.165) is 0 Å². The third kappa shape index (κ3) is 1.81. The molecule has 0 amide bonds. The highest BCUT2D eigenvalue weighted by Gasteiger charge is 2.36. The fraction of sp³-hybridized carbons (Fsp3) is 0. The van der Waals surface area contributed by atoms with Gasteiger partial charge in [-0.1, -0.05) is 52.7 Å². The molecule has 6 nitrogen and oxygen atoms in total. The van der Waals surface area contributed by atoms with E-state index in [1.165, 1.54) is 0 Å². The molecule has 0 saturated carbocycles. The molecule has 0 bridgehead atoms. The van der Waals surface area contributed by atoms with Gasteiger partial charge >= 0.3 is 0 Å². The zero-order valence-corrected chi connectivity index (χ0v) is 12.4. The number of hydrogen-bond donors (Lipinski definition) is 3. The van der Waals surface area contributed by atoms with Gasteiger partial charge in [0.1, 0.15) is 0 Å². The molecule has 0 saturated heterocycles. The Kier molecular flexibility index (Phi) is 3.35. The molecule has 8 heteroatoms.